The van der Waals surface area contributed by atoms with Crippen molar-refractivity contribution in [2.75, 3.05) is 0 Å². The molecule has 0 aliphatic rings. The van der Waals surface area contributed by atoms with E-state index in [1.54, 1.807) is 19.1 Å². The predicted octanol–water partition coefficient (Wildman–Crippen LogP) is 4.74. The topological polar surface area (TPSA) is 52.4 Å². The van der Waals surface area contributed by atoms with E-state index in [0.717, 1.165) is 10.5 Å². The van der Waals surface area contributed by atoms with Crippen molar-refractivity contribution < 1.29 is 18.4 Å². The standard InChI is InChI=1S/C13H8BrF2NO3/c1-7-6-8(14)2-5-11(7)20-13-10(17(18)19)4-3-9(15)12(13)16/h2-6H,1H3. The van der Waals surface area contributed by atoms with E-state index in [2.05, 4.69) is 15.9 Å². The van der Waals surface area contributed by atoms with Crippen LogP contribution in [-0.2, 0) is 0 Å². The Kier molecular flexibility index (Phi) is 3.99. The van der Waals surface area contributed by atoms with Crippen molar-refractivity contribution in [3.05, 3.63) is 62.1 Å². The summed E-state index contributed by atoms with van der Waals surface area (Å²) in [6.45, 7) is 1.68. The molecule has 0 bridgehead atoms. The second-order valence-electron chi connectivity index (χ2n) is 3.98. The van der Waals surface area contributed by atoms with Gasteiger partial charge < -0.3 is 4.74 Å². The third-order valence-corrected chi connectivity index (χ3v) is 3.07. The van der Waals surface area contributed by atoms with E-state index in [0.29, 0.717) is 11.6 Å². The zero-order chi connectivity index (χ0) is 14.9. The highest BCUT2D eigenvalue weighted by Crippen LogP contribution is 2.36. The quantitative estimate of drug-likeness (QED) is 0.597. The summed E-state index contributed by atoms with van der Waals surface area (Å²) in [6, 6.07) is 6.38. The number of hydrogen-bond acceptors (Lipinski definition) is 3. The van der Waals surface area contributed by atoms with Gasteiger partial charge >= 0.3 is 5.69 Å². The van der Waals surface area contributed by atoms with Crippen LogP contribution in [0.3, 0.4) is 0 Å². The summed E-state index contributed by atoms with van der Waals surface area (Å²) in [5.41, 5.74) is -0.0106. The number of rotatable bonds is 3. The molecule has 0 radical (unpaired) electrons. The zero-order valence-corrected chi connectivity index (χ0v) is 11.8. The number of ether oxygens (including phenoxy) is 1. The lowest BCUT2D eigenvalue weighted by atomic mass is 10.2. The number of nitrogens with zero attached hydrogens (tertiary/aromatic N) is 1. The van der Waals surface area contributed by atoms with Gasteiger partial charge in [-0.05, 0) is 36.8 Å². The maximum absolute atomic E-state index is 13.7. The van der Waals surface area contributed by atoms with Crippen molar-refractivity contribution in [3.63, 3.8) is 0 Å². The van der Waals surface area contributed by atoms with E-state index >= 15 is 0 Å². The Bertz CT molecular complexity index is 692. The lowest BCUT2D eigenvalue weighted by Gasteiger charge is -2.10. The van der Waals surface area contributed by atoms with Gasteiger partial charge in [0.25, 0.3) is 0 Å². The molecule has 0 unspecified atom stereocenters. The smallest absolute Gasteiger partial charge is 0.314 e. The van der Waals surface area contributed by atoms with E-state index in [4.69, 9.17) is 4.74 Å². The van der Waals surface area contributed by atoms with Crippen LogP contribution >= 0.6 is 15.9 Å². The van der Waals surface area contributed by atoms with Gasteiger partial charge in [0.2, 0.25) is 11.6 Å². The van der Waals surface area contributed by atoms with E-state index in [-0.39, 0.29) is 5.75 Å². The van der Waals surface area contributed by atoms with Crippen LogP contribution in [0.4, 0.5) is 14.5 Å². The molecule has 0 aromatic heterocycles. The van der Waals surface area contributed by atoms with Gasteiger partial charge in [0.05, 0.1) is 4.92 Å². The lowest BCUT2D eigenvalue weighted by Crippen LogP contribution is -1.99. The SMILES string of the molecule is Cc1cc(Br)ccc1Oc1c([N+](=O)[O-])ccc(F)c1F. The molecule has 20 heavy (non-hydrogen) atoms. The molecule has 0 saturated heterocycles. The van der Waals surface area contributed by atoms with Gasteiger partial charge in [-0.3, -0.25) is 10.1 Å². The predicted molar refractivity (Wildman–Crippen MR) is 72.0 cm³/mol. The molecule has 0 fully saturated rings. The molecule has 2 aromatic carbocycles. The van der Waals surface area contributed by atoms with E-state index < -0.39 is 28.0 Å². The molecule has 4 nitrogen and oxygen atoms in total. The van der Waals surface area contributed by atoms with Crippen LogP contribution < -0.4 is 4.74 Å². The molecular weight excluding hydrogens is 336 g/mol. The number of benzene rings is 2. The molecule has 0 aliphatic heterocycles. The van der Waals surface area contributed by atoms with Crippen molar-refractivity contribution in [1.82, 2.24) is 0 Å². The van der Waals surface area contributed by atoms with E-state index in [9.17, 15) is 18.9 Å². The van der Waals surface area contributed by atoms with Crippen LogP contribution in [0.1, 0.15) is 5.56 Å². The maximum atomic E-state index is 13.7. The summed E-state index contributed by atoms with van der Waals surface area (Å²) in [4.78, 5) is 10.0. The van der Waals surface area contributed by atoms with Crippen molar-refractivity contribution in [3.8, 4) is 11.5 Å². The molecule has 0 amide bonds. The average molecular weight is 344 g/mol. The first-order chi connectivity index (χ1) is 9.40. The van der Waals surface area contributed by atoms with Gasteiger partial charge in [-0.15, -0.1) is 0 Å². The lowest BCUT2D eigenvalue weighted by molar-refractivity contribution is -0.385. The fourth-order valence-electron chi connectivity index (χ4n) is 1.60. The first-order valence-electron chi connectivity index (χ1n) is 5.46. The van der Waals surface area contributed by atoms with Crippen LogP contribution in [-0.4, -0.2) is 4.92 Å². The molecule has 0 saturated carbocycles. The first kappa shape index (κ1) is 14.4. The molecule has 2 rings (SSSR count). The Hall–Kier alpha value is -2.02. The Morgan fingerprint density at radius 3 is 2.55 bits per heavy atom. The molecule has 7 heteroatoms. The average Bonchev–Trinajstić information content (AvgIpc) is 2.37. The largest absolute Gasteiger partial charge is 0.447 e. The number of halogens is 3. The first-order valence-corrected chi connectivity index (χ1v) is 6.26. The van der Waals surface area contributed by atoms with E-state index in [1.807, 2.05) is 0 Å². The minimum Gasteiger partial charge on any atom is -0.447 e. The number of hydrogen-bond donors (Lipinski definition) is 0. The van der Waals surface area contributed by atoms with Gasteiger partial charge in [0.1, 0.15) is 5.75 Å². The molecule has 2 aromatic rings. The fraction of sp³-hybridized carbons (Fsp3) is 0.0769. The van der Waals surface area contributed by atoms with E-state index in [1.165, 1.54) is 6.07 Å². The summed E-state index contributed by atoms with van der Waals surface area (Å²) >= 11 is 3.25. The highest BCUT2D eigenvalue weighted by molar-refractivity contribution is 9.10. The van der Waals surface area contributed by atoms with Crippen LogP contribution in [0.25, 0.3) is 0 Å². The maximum Gasteiger partial charge on any atom is 0.314 e. The molecule has 0 N–H and O–H groups in total. The summed E-state index contributed by atoms with van der Waals surface area (Å²) < 4.78 is 32.9. The van der Waals surface area contributed by atoms with Gasteiger partial charge in [0, 0.05) is 10.5 Å². The molecule has 0 aliphatic carbocycles. The number of nitro benzene ring substituents is 1. The Labute approximate surface area is 121 Å². The Morgan fingerprint density at radius 1 is 1.25 bits per heavy atom. The monoisotopic (exact) mass is 343 g/mol. The second kappa shape index (κ2) is 5.54. The fourth-order valence-corrected chi connectivity index (χ4v) is 2.08. The second-order valence-corrected chi connectivity index (χ2v) is 4.89. The Balaban J connectivity index is 2.52. The zero-order valence-electron chi connectivity index (χ0n) is 10.2. The van der Waals surface area contributed by atoms with Crippen molar-refractivity contribution in [1.29, 1.82) is 0 Å². The minimum atomic E-state index is -1.39. The summed E-state index contributed by atoms with van der Waals surface area (Å²) in [5.74, 6) is -3.12. The summed E-state index contributed by atoms with van der Waals surface area (Å²) in [7, 11) is 0. The van der Waals surface area contributed by atoms with Crippen LogP contribution in [0.2, 0.25) is 0 Å². The Morgan fingerprint density at radius 2 is 1.95 bits per heavy atom. The summed E-state index contributed by atoms with van der Waals surface area (Å²) in [6.07, 6.45) is 0. The van der Waals surface area contributed by atoms with Crippen LogP contribution in [0.5, 0.6) is 11.5 Å². The van der Waals surface area contributed by atoms with Crippen LogP contribution in [0.15, 0.2) is 34.8 Å². The van der Waals surface area contributed by atoms with Gasteiger partial charge in [-0.1, -0.05) is 15.9 Å². The summed E-state index contributed by atoms with van der Waals surface area (Å²) in [5, 5.41) is 10.8. The van der Waals surface area contributed by atoms with Gasteiger partial charge in [0.15, 0.2) is 5.82 Å². The van der Waals surface area contributed by atoms with Gasteiger partial charge in [-0.2, -0.15) is 4.39 Å². The van der Waals surface area contributed by atoms with Gasteiger partial charge in [-0.25, -0.2) is 4.39 Å². The molecular formula is C13H8BrF2NO3. The molecule has 0 atom stereocenters. The van der Waals surface area contributed by atoms with Crippen molar-refractivity contribution >= 4 is 21.6 Å². The van der Waals surface area contributed by atoms with Crippen molar-refractivity contribution in [2.45, 2.75) is 6.92 Å². The number of nitro groups is 1. The third kappa shape index (κ3) is 2.77. The molecule has 0 heterocycles. The molecule has 0 spiro atoms. The molecule has 104 valence electrons. The highest BCUT2D eigenvalue weighted by atomic mass is 79.9. The highest BCUT2D eigenvalue weighted by Gasteiger charge is 2.24. The number of aryl methyl sites for hydroxylation is 1. The van der Waals surface area contributed by atoms with Crippen molar-refractivity contribution in [2.24, 2.45) is 0 Å². The minimum absolute atomic E-state index is 0.209. The van der Waals surface area contributed by atoms with Crippen LogP contribution in [0, 0.1) is 28.7 Å². The third-order valence-electron chi connectivity index (χ3n) is 2.57. The normalized spacial score (nSPS) is 10.4.